The lowest BCUT2D eigenvalue weighted by molar-refractivity contribution is -0.131. The Morgan fingerprint density at radius 3 is 1.05 bits per heavy atom. The van der Waals surface area contributed by atoms with Crippen LogP contribution in [0.2, 0.25) is 0 Å². The number of nitrogens with zero attached hydrogens (tertiary/aromatic N) is 9. The summed E-state index contributed by atoms with van der Waals surface area (Å²) in [6, 6.07) is 8.32. The number of carbonyl (C=O) groups is 2. The van der Waals surface area contributed by atoms with Crippen molar-refractivity contribution in [2.75, 3.05) is 121 Å². The molecule has 4 atom stereocenters. The molecule has 11 aliphatic heterocycles. The summed E-state index contributed by atoms with van der Waals surface area (Å²) in [5.41, 5.74) is 3.13. The van der Waals surface area contributed by atoms with Crippen LogP contribution in [0.1, 0.15) is 448 Å². The van der Waals surface area contributed by atoms with Crippen LogP contribution in [0.3, 0.4) is 0 Å². The van der Waals surface area contributed by atoms with E-state index in [0.29, 0.717) is 42.0 Å². The van der Waals surface area contributed by atoms with Crippen molar-refractivity contribution < 1.29 is 38.7 Å². The van der Waals surface area contributed by atoms with E-state index in [1.54, 1.807) is 41.9 Å². The van der Waals surface area contributed by atoms with Crippen molar-refractivity contribution in [3.63, 3.8) is 0 Å². The number of likely N-dealkylation sites (tertiary alicyclic amines) is 4. The molecule has 13 heterocycles. The minimum atomic E-state index is 0.0648. The van der Waals surface area contributed by atoms with Crippen molar-refractivity contribution in [2.24, 2.45) is 23.7 Å². The molecular formula is C109H199N9O8. The van der Waals surface area contributed by atoms with Gasteiger partial charge in [-0.05, 0) is 289 Å². The van der Waals surface area contributed by atoms with Gasteiger partial charge in [-0.25, -0.2) is 4.98 Å². The molecule has 2 N–H and O–H groups in total. The first-order valence-corrected chi connectivity index (χ1v) is 54.3. The predicted octanol–water partition coefficient (Wildman–Crippen LogP) is 25.4. The van der Waals surface area contributed by atoms with Crippen molar-refractivity contribution in [3.05, 3.63) is 47.8 Å². The number of aromatic nitrogens is 3. The molecule has 10 saturated heterocycles. The fraction of sp³-hybridized carbons (Fsp3) is 0.899. The quantitative estimate of drug-likeness (QED) is 0.257. The second-order valence-corrected chi connectivity index (χ2v) is 41.1. The molecular weight excluding hydrogens is 1560 g/mol. The van der Waals surface area contributed by atoms with Crippen LogP contribution in [0.5, 0.6) is 0 Å². The molecule has 728 valence electrons. The first-order valence-electron chi connectivity index (χ1n) is 54.3. The molecule has 4 bridgehead atoms. The molecule has 11 saturated carbocycles. The molecule has 21 fully saturated rings. The molecule has 0 aromatic carbocycles. The number of piperidine rings is 3. The normalized spacial score (nSPS) is 27.3. The van der Waals surface area contributed by atoms with E-state index in [2.05, 4.69) is 69.4 Å². The summed E-state index contributed by atoms with van der Waals surface area (Å²) < 4.78 is 22.3. The lowest BCUT2D eigenvalue weighted by Gasteiger charge is -2.30. The number of amides is 2. The summed E-state index contributed by atoms with van der Waals surface area (Å²) in [7, 11) is 10.4. The van der Waals surface area contributed by atoms with Crippen LogP contribution in [-0.2, 0) is 54.3 Å². The molecule has 23 aliphatic rings. The number of carbonyl (C=O) groups excluding carboxylic acids is 2. The number of rotatable bonds is 1. The van der Waals surface area contributed by atoms with Gasteiger partial charge >= 0.3 is 0 Å². The zero-order chi connectivity index (χ0) is 89.6. The van der Waals surface area contributed by atoms with E-state index < -0.39 is 0 Å². The zero-order valence-corrected chi connectivity index (χ0v) is 83.1. The van der Waals surface area contributed by atoms with Gasteiger partial charge in [0, 0.05) is 142 Å². The van der Waals surface area contributed by atoms with E-state index in [-0.39, 0.29) is 6.10 Å². The second-order valence-electron chi connectivity index (χ2n) is 41.1. The number of aliphatic hydroxyl groups is 2. The highest BCUT2D eigenvalue weighted by Gasteiger charge is 2.55. The number of epoxide rings is 1. The Balaban J connectivity index is 0.000000205. The summed E-state index contributed by atoms with van der Waals surface area (Å²) in [6.07, 6.45) is 101. The molecule has 17 nitrogen and oxygen atoms in total. The van der Waals surface area contributed by atoms with Gasteiger partial charge in [0.15, 0.2) is 0 Å². The summed E-state index contributed by atoms with van der Waals surface area (Å²) in [4.78, 5) is 40.5. The highest BCUT2D eigenvalue weighted by atomic mass is 16.6. The van der Waals surface area contributed by atoms with Crippen molar-refractivity contribution >= 4 is 11.8 Å². The lowest BCUT2D eigenvalue weighted by Crippen LogP contribution is -2.35. The monoisotopic (exact) mass is 1760 g/mol. The highest BCUT2D eigenvalue weighted by Crippen LogP contribution is 2.49. The number of aryl methyl sites for hydroxylation is 4. The number of pyridine rings is 1. The fourth-order valence-corrected chi connectivity index (χ4v) is 19.3. The number of hydrogen-bond acceptors (Lipinski definition) is 14. The average Bonchev–Trinajstić information content (AvgIpc) is 1.60. The molecule has 0 radical (unpaired) electrons. The zero-order valence-electron chi connectivity index (χ0n) is 83.1. The van der Waals surface area contributed by atoms with Crippen molar-refractivity contribution in [3.8, 4) is 6.07 Å². The van der Waals surface area contributed by atoms with Crippen LogP contribution >= 0.6 is 0 Å². The van der Waals surface area contributed by atoms with Crippen LogP contribution in [-0.4, -0.2) is 212 Å². The average molecular weight is 1760 g/mol. The lowest BCUT2D eigenvalue weighted by atomic mass is 9.86. The summed E-state index contributed by atoms with van der Waals surface area (Å²) >= 11 is 0. The number of hydrogen-bond donors (Lipinski definition) is 2. The van der Waals surface area contributed by atoms with E-state index in [0.717, 1.165) is 116 Å². The Bertz CT molecular complexity index is 2670. The van der Waals surface area contributed by atoms with Gasteiger partial charge in [-0.15, -0.1) is 0 Å². The van der Waals surface area contributed by atoms with E-state index in [1.807, 2.05) is 38.8 Å². The van der Waals surface area contributed by atoms with Gasteiger partial charge in [0.2, 0.25) is 11.8 Å². The number of aliphatic hydroxyl groups excluding tert-OH is 2. The molecule has 12 aliphatic carbocycles. The maximum absolute atomic E-state index is 10.7. The molecule has 2 amide bonds. The third-order valence-corrected chi connectivity index (χ3v) is 29.9. The Labute approximate surface area is 775 Å². The summed E-state index contributed by atoms with van der Waals surface area (Å²) in [5.74, 6) is 5.28. The molecule has 2 aromatic rings. The highest BCUT2D eigenvalue weighted by molar-refractivity contribution is 5.77. The van der Waals surface area contributed by atoms with Gasteiger partial charge in [-0.1, -0.05) is 224 Å². The van der Waals surface area contributed by atoms with Crippen LogP contribution in [0.4, 0.5) is 0 Å². The van der Waals surface area contributed by atoms with E-state index in [4.69, 9.17) is 34.4 Å². The fourth-order valence-electron chi connectivity index (χ4n) is 19.3. The third-order valence-electron chi connectivity index (χ3n) is 29.9. The van der Waals surface area contributed by atoms with Crippen LogP contribution in [0.25, 0.3) is 0 Å². The van der Waals surface area contributed by atoms with Crippen molar-refractivity contribution in [1.29, 1.82) is 5.26 Å². The van der Waals surface area contributed by atoms with Crippen molar-refractivity contribution in [2.45, 2.75) is 486 Å². The number of fused-ring (bicyclic) bond motifs is 7. The largest absolute Gasteiger partial charge is 0.396 e. The van der Waals surface area contributed by atoms with Crippen LogP contribution in [0.15, 0.2) is 30.7 Å². The smallest absolute Gasteiger partial charge is 0.222 e. The standard InChI is InChI=1S/C8H15N.C8H9N.C7H12.C6H8N2.C6H11NO.C6H13N.C6H10O.2C6H12.C5H9NO.C5H11N.C5H7N.2C5H10O.2C5H10.2C4H8O.C4H8.C3H6O/c1-9-7-3-2-4-8(9)6-5-7;1-3-7-4-2-6-9-8(7)5-1;1-2-7-4-3-6(1)5-7;1-2-6-7-3-5-8(6)4-1;1-7-5-3-2-4-6(7)8;1-7-5-3-2-4-6-7;1-6-4-2-3-5(6)7-6;2*1-2-4-6-5-3-1;1-6-4-2-3-5(6)7;1-6-4-2-3-5-6;2*6-4-5-2-1-3-5;1-2-4-6-5-3-1;3*1-2-4-5-3-1;5-4-2-1-3-4;2*1-2-4-3-1/h7-8H,2-6H2,1H3;2,4,6H,1,3,5H2;6-7H,1-5H2;3,5H,1-2,4H2;2-5H2,1H3;2-6H2,1H3;5H,2-4H2,1H3;2*1-6H2;2-4H2,1H3;2-5H2,1H3;5H,1-3H2;5-6H,1-4H2;1-5H2;2*1-5H2;1-4H2;4-5H,1-3H2;1-4H2;1-3H2. The first-order chi connectivity index (χ1) is 61.7. The van der Waals surface area contributed by atoms with E-state index in [9.17, 15) is 9.59 Å². The van der Waals surface area contributed by atoms with E-state index in [1.165, 1.54) is 421 Å². The number of nitriles is 1. The van der Waals surface area contributed by atoms with Gasteiger partial charge < -0.3 is 58.2 Å². The maximum atomic E-state index is 10.7. The van der Waals surface area contributed by atoms with Gasteiger partial charge in [0.05, 0.1) is 23.9 Å². The molecule has 17 heteroatoms. The molecule has 4 unspecified atom stereocenters. The maximum Gasteiger partial charge on any atom is 0.222 e. The summed E-state index contributed by atoms with van der Waals surface area (Å²) in [6.45, 7) is 17.0. The molecule has 126 heavy (non-hydrogen) atoms. The molecule has 0 spiro atoms. The predicted molar refractivity (Wildman–Crippen MR) is 526 cm³/mol. The van der Waals surface area contributed by atoms with Gasteiger partial charge in [-0.2, -0.15) is 5.26 Å². The van der Waals surface area contributed by atoms with Gasteiger partial charge in [0.25, 0.3) is 0 Å². The third kappa shape index (κ3) is 54.6. The summed E-state index contributed by atoms with van der Waals surface area (Å²) in [5, 5.41) is 25.0. The first kappa shape index (κ1) is 111. The van der Waals surface area contributed by atoms with Crippen molar-refractivity contribution in [1.82, 2.24) is 39.0 Å². The Kier molecular flexibility index (Phi) is 65.2. The Morgan fingerprint density at radius 1 is 0.405 bits per heavy atom. The van der Waals surface area contributed by atoms with Gasteiger partial charge in [-0.3, -0.25) is 14.6 Å². The number of ether oxygens (including phenoxy) is 4. The van der Waals surface area contributed by atoms with E-state index >= 15 is 0 Å². The number of imidazole rings is 1. The van der Waals surface area contributed by atoms with Gasteiger partial charge in [0.1, 0.15) is 5.82 Å². The van der Waals surface area contributed by atoms with Crippen LogP contribution in [0, 0.1) is 35.0 Å². The minimum Gasteiger partial charge on any atom is -0.396 e. The minimum absolute atomic E-state index is 0.0648. The molecule has 2 aromatic heterocycles. The molecule has 25 rings (SSSR count). The Hall–Kier alpha value is -3.57. The SMILES string of the molecule is C1CC2CCC1C2.C1CCC1.C1CCCC1.C1CCCC1.C1CCCCC1.C1CCCCC1.C1CCOC1.C1CCOCC1.C1COC1.CC12CCCC1O2.CN1C2CCCC1CC2.CN1CCCC1.CN1CCCC1=O.CN1CCCCC1.CN1CCCCC1=O.N#CC1CCC1.OC1CCC1.OCC1CCC1.c1cn2c(n1)CCC2.c1cnc2c(c1)CCC2. The van der Waals surface area contributed by atoms with Crippen LogP contribution < -0.4 is 0 Å². The topological polar surface area (TPSA) is 186 Å². The second kappa shape index (κ2) is 73.8. The Morgan fingerprint density at radius 2 is 0.810 bits per heavy atom.